The zero-order valence-electron chi connectivity index (χ0n) is 18.6. The van der Waals surface area contributed by atoms with E-state index in [1.54, 1.807) is 6.07 Å². The Morgan fingerprint density at radius 1 is 1.22 bits per heavy atom. The molecule has 0 aromatic heterocycles. The predicted molar refractivity (Wildman–Crippen MR) is 128 cm³/mol. The molecule has 0 unspecified atom stereocenters. The van der Waals surface area contributed by atoms with Crippen molar-refractivity contribution in [3.63, 3.8) is 0 Å². The van der Waals surface area contributed by atoms with Crippen LogP contribution in [0.2, 0.25) is 0 Å². The van der Waals surface area contributed by atoms with Crippen LogP contribution in [-0.4, -0.2) is 46.6 Å². The maximum Gasteiger partial charge on any atom is 0.323 e. The highest BCUT2D eigenvalue weighted by Crippen LogP contribution is 2.33. The summed E-state index contributed by atoms with van der Waals surface area (Å²) < 4.78 is 49.0. The minimum absolute atomic E-state index is 0.202. The van der Waals surface area contributed by atoms with Crippen LogP contribution in [0.4, 0.5) is 15.8 Å². The van der Waals surface area contributed by atoms with E-state index in [1.165, 1.54) is 22.5 Å². The Kier molecular flexibility index (Phi) is 8.53. The molecular weight excluding hydrogens is 429 g/mol. The molecule has 0 bridgehead atoms. The molecule has 0 radical (unpaired) electrons. The molecule has 0 atom stereocenters. The first-order valence-corrected chi connectivity index (χ1v) is 12.4. The van der Waals surface area contributed by atoms with Gasteiger partial charge < -0.3 is 9.64 Å². The molecule has 0 amide bonds. The summed E-state index contributed by atoms with van der Waals surface area (Å²) in [6.45, 7) is 6.69. The number of halogens is 1. The van der Waals surface area contributed by atoms with Crippen molar-refractivity contribution in [3.05, 3.63) is 66.5 Å². The van der Waals surface area contributed by atoms with Crippen LogP contribution in [0.25, 0.3) is 0 Å². The van der Waals surface area contributed by atoms with Gasteiger partial charge >= 0.3 is 10.2 Å². The minimum Gasteiger partial charge on any atom is -0.494 e. The lowest BCUT2D eigenvalue weighted by Gasteiger charge is -2.31. The second-order valence-corrected chi connectivity index (χ2v) is 9.64. The number of anilines is 2. The highest BCUT2D eigenvalue weighted by molar-refractivity contribution is 7.94. The van der Waals surface area contributed by atoms with Crippen molar-refractivity contribution in [1.82, 2.24) is 4.90 Å². The molecule has 3 rings (SSSR count). The summed E-state index contributed by atoms with van der Waals surface area (Å²) in [6.07, 6.45) is 6.57. The number of ether oxygens (including phenoxy) is 1. The molecule has 1 aliphatic heterocycles. The summed E-state index contributed by atoms with van der Waals surface area (Å²) in [6, 6.07) is 11.0. The van der Waals surface area contributed by atoms with Crippen molar-refractivity contribution in [2.75, 3.05) is 42.3 Å². The van der Waals surface area contributed by atoms with Gasteiger partial charge in [-0.05, 0) is 87.7 Å². The largest absolute Gasteiger partial charge is 0.494 e. The number of rotatable bonds is 12. The molecule has 2 aromatic rings. The van der Waals surface area contributed by atoms with Crippen molar-refractivity contribution in [1.29, 1.82) is 0 Å². The van der Waals surface area contributed by atoms with Crippen LogP contribution in [0.5, 0.6) is 5.75 Å². The summed E-state index contributed by atoms with van der Waals surface area (Å²) >= 11 is 0. The van der Waals surface area contributed by atoms with Gasteiger partial charge in [0.05, 0.1) is 18.0 Å². The number of nitrogens with zero attached hydrogens (tertiary/aromatic N) is 2. The standard InChI is InChI=1S/C24H32FN3O3S/c1-3-14-27(2)15-5-4-6-17-31-23-12-13-24-20(18-23)9-8-16-28(24)32(29,30)26-22-11-7-10-21(25)19-22/h3,7,10-13,18-19,26H,1,4-6,8-9,14-17H2,2H3. The van der Waals surface area contributed by atoms with Gasteiger partial charge in [-0.1, -0.05) is 12.1 Å². The van der Waals surface area contributed by atoms with Crippen LogP contribution in [-0.2, 0) is 16.6 Å². The van der Waals surface area contributed by atoms with Crippen molar-refractivity contribution < 1.29 is 17.5 Å². The van der Waals surface area contributed by atoms with Gasteiger partial charge in [-0.2, -0.15) is 8.42 Å². The third kappa shape index (κ3) is 6.71. The van der Waals surface area contributed by atoms with Crippen molar-refractivity contribution in [2.24, 2.45) is 0 Å². The van der Waals surface area contributed by atoms with Gasteiger partial charge in [-0.25, -0.2) is 4.39 Å². The van der Waals surface area contributed by atoms with E-state index in [-0.39, 0.29) is 5.69 Å². The monoisotopic (exact) mass is 461 g/mol. The van der Waals surface area contributed by atoms with E-state index in [0.717, 1.165) is 56.2 Å². The van der Waals surface area contributed by atoms with Crippen molar-refractivity contribution in [2.45, 2.75) is 32.1 Å². The predicted octanol–water partition coefficient (Wildman–Crippen LogP) is 4.60. The van der Waals surface area contributed by atoms with Crippen molar-refractivity contribution >= 4 is 21.6 Å². The van der Waals surface area contributed by atoms with E-state index < -0.39 is 16.0 Å². The zero-order chi connectivity index (χ0) is 23.0. The Balaban J connectivity index is 1.56. The third-order valence-electron chi connectivity index (χ3n) is 5.38. The Labute approximate surface area is 190 Å². The first-order chi connectivity index (χ1) is 15.4. The smallest absolute Gasteiger partial charge is 0.323 e. The molecule has 32 heavy (non-hydrogen) atoms. The quantitative estimate of drug-likeness (QED) is 0.371. The molecule has 174 valence electrons. The number of likely N-dealkylation sites (N-methyl/N-ethyl adjacent to an activating group) is 1. The van der Waals surface area contributed by atoms with Gasteiger partial charge in [0.1, 0.15) is 11.6 Å². The van der Waals surface area contributed by atoms with E-state index in [0.29, 0.717) is 25.3 Å². The molecule has 8 heteroatoms. The zero-order valence-corrected chi connectivity index (χ0v) is 19.4. The first-order valence-electron chi connectivity index (χ1n) is 11.0. The molecule has 1 N–H and O–H groups in total. The third-order valence-corrected chi connectivity index (χ3v) is 6.84. The average Bonchev–Trinajstić information content (AvgIpc) is 2.75. The maximum atomic E-state index is 13.4. The minimum atomic E-state index is -3.85. The number of hydrogen-bond donors (Lipinski definition) is 1. The molecule has 0 saturated heterocycles. The van der Waals surface area contributed by atoms with Crippen LogP contribution in [0, 0.1) is 5.82 Å². The van der Waals surface area contributed by atoms with Gasteiger partial charge in [0.2, 0.25) is 0 Å². The molecule has 1 aliphatic rings. The Hall–Kier alpha value is -2.58. The fraction of sp³-hybridized carbons (Fsp3) is 0.417. The number of hydrogen-bond acceptors (Lipinski definition) is 4. The van der Waals surface area contributed by atoms with E-state index in [1.807, 2.05) is 18.2 Å². The lowest BCUT2D eigenvalue weighted by atomic mass is 10.0. The van der Waals surface area contributed by atoms with E-state index in [4.69, 9.17) is 4.74 Å². The number of benzene rings is 2. The molecular formula is C24H32FN3O3S. The topological polar surface area (TPSA) is 61.9 Å². The Morgan fingerprint density at radius 3 is 2.84 bits per heavy atom. The van der Waals surface area contributed by atoms with Crippen LogP contribution in [0.15, 0.2) is 55.1 Å². The van der Waals surface area contributed by atoms with Gasteiger partial charge in [0.15, 0.2) is 0 Å². The lowest BCUT2D eigenvalue weighted by Crippen LogP contribution is -2.39. The Bertz CT molecular complexity index is 1010. The SMILES string of the molecule is C=CCN(C)CCCCCOc1ccc2c(c1)CCCN2S(=O)(=O)Nc1cccc(F)c1. The fourth-order valence-electron chi connectivity index (χ4n) is 3.80. The molecule has 0 aliphatic carbocycles. The van der Waals surface area contributed by atoms with Gasteiger partial charge in [-0.3, -0.25) is 9.03 Å². The van der Waals surface area contributed by atoms with Crippen LogP contribution < -0.4 is 13.8 Å². The molecule has 0 fully saturated rings. The number of aryl methyl sites for hydroxylation is 1. The molecule has 0 saturated carbocycles. The normalized spacial score (nSPS) is 13.7. The summed E-state index contributed by atoms with van der Waals surface area (Å²) in [4.78, 5) is 2.24. The van der Waals surface area contributed by atoms with Gasteiger partial charge in [0, 0.05) is 13.1 Å². The van der Waals surface area contributed by atoms with E-state index >= 15 is 0 Å². The summed E-state index contributed by atoms with van der Waals surface area (Å²) in [7, 11) is -1.77. The molecule has 6 nitrogen and oxygen atoms in total. The van der Waals surface area contributed by atoms with E-state index in [9.17, 15) is 12.8 Å². The first kappa shape index (κ1) is 24.1. The highest BCUT2D eigenvalue weighted by Gasteiger charge is 2.28. The van der Waals surface area contributed by atoms with Gasteiger partial charge in [-0.15, -0.1) is 6.58 Å². The Morgan fingerprint density at radius 2 is 2.06 bits per heavy atom. The summed E-state index contributed by atoms with van der Waals surface area (Å²) in [5, 5.41) is 0. The van der Waals surface area contributed by atoms with Crippen LogP contribution in [0.3, 0.4) is 0 Å². The lowest BCUT2D eigenvalue weighted by molar-refractivity contribution is 0.295. The van der Waals surface area contributed by atoms with Crippen LogP contribution in [0.1, 0.15) is 31.2 Å². The van der Waals surface area contributed by atoms with Crippen molar-refractivity contribution in [3.8, 4) is 5.75 Å². The number of nitrogens with one attached hydrogen (secondary N) is 1. The average molecular weight is 462 g/mol. The summed E-state index contributed by atoms with van der Waals surface area (Å²) in [5.74, 6) is 0.264. The van der Waals surface area contributed by atoms with E-state index in [2.05, 4.69) is 23.2 Å². The second-order valence-electron chi connectivity index (χ2n) is 8.04. The van der Waals surface area contributed by atoms with Crippen LogP contribution >= 0.6 is 0 Å². The fourth-order valence-corrected chi connectivity index (χ4v) is 5.14. The number of fused-ring (bicyclic) bond motifs is 1. The second kappa shape index (κ2) is 11.3. The maximum absolute atomic E-state index is 13.4. The highest BCUT2D eigenvalue weighted by atomic mass is 32.2. The summed E-state index contributed by atoms with van der Waals surface area (Å²) in [5.41, 5.74) is 1.77. The molecule has 2 aromatic carbocycles. The molecule has 1 heterocycles. The van der Waals surface area contributed by atoms with Gasteiger partial charge in [0.25, 0.3) is 0 Å². The number of unbranched alkanes of at least 4 members (excludes halogenated alkanes) is 2. The molecule has 0 spiro atoms.